The van der Waals surface area contributed by atoms with Crippen molar-refractivity contribution in [2.45, 2.75) is 19.3 Å². The molecule has 1 aliphatic heterocycles. The summed E-state index contributed by atoms with van der Waals surface area (Å²) in [5, 5.41) is 1.87. The van der Waals surface area contributed by atoms with E-state index in [1.807, 2.05) is 5.01 Å². The Morgan fingerprint density at radius 1 is 1.35 bits per heavy atom. The number of halogens is 1. The fraction of sp³-hybridized carbons (Fsp3) is 0.400. The smallest absolute Gasteiger partial charge is 0.266 e. The molecule has 4 nitrogen and oxygen atoms in total. The van der Waals surface area contributed by atoms with Gasteiger partial charge in [0, 0.05) is 18.7 Å². The van der Waals surface area contributed by atoms with Crippen molar-refractivity contribution in [3.63, 3.8) is 0 Å². The molecule has 1 amide bonds. The molecule has 2 rings (SSSR count). The molecule has 0 bridgehead atoms. The minimum absolute atomic E-state index is 0.199. The van der Waals surface area contributed by atoms with Crippen molar-refractivity contribution in [3.05, 3.63) is 35.1 Å². The number of benzene rings is 1. The molecule has 1 aliphatic rings. The summed E-state index contributed by atoms with van der Waals surface area (Å²) in [7, 11) is 0. The van der Waals surface area contributed by atoms with Gasteiger partial charge in [-0.15, -0.1) is 0 Å². The van der Waals surface area contributed by atoms with Crippen molar-refractivity contribution in [1.82, 2.24) is 10.4 Å². The Balaban J connectivity index is 2.16. The average Bonchev–Trinajstić information content (AvgIpc) is 2.47. The first-order valence-electron chi connectivity index (χ1n) is 6.75. The van der Waals surface area contributed by atoms with Crippen LogP contribution in [-0.4, -0.2) is 30.6 Å². The van der Waals surface area contributed by atoms with Crippen LogP contribution in [0, 0.1) is 17.7 Å². The first-order chi connectivity index (χ1) is 9.70. The van der Waals surface area contributed by atoms with Crippen LogP contribution in [0.25, 0.3) is 0 Å². The number of carbonyl (C=O) groups is 1. The van der Waals surface area contributed by atoms with Gasteiger partial charge in [-0.2, -0.15) is 0 Å². The highest BCUT2D eigenvalue weighted by Gasteiger charge is 2.16. The van der Waals surface area contributed by atoms with E-state index in [0.717, 1.165) is 25.9 Å². The van der Waals surface area contributed by atoms with Crippen molar-refractivity contribution < 1.29 is 9.18 Å². The first kappa shape index (κ1) is 14.5. The largest absolute Gasteiger partial charge is 0.320 e. The Kier molecular flexibility index (Phi) is 5.10. The summed E-state index contributed by atoms with van der Waals surface area (Å²) in [6.45, 7) is 1.85. The summed E-state index contributed by atoms with van der Waals surface area (Å²) in [6.07, 6.45) is 3.30. The Bertz CT molecular complexity index is 542. The standard InChI is InChI=1S/C15H18FN3O/c16-13-7-6-12(5-4-8-17)14(11-13)15(20)18-19-9-2-1-3-10-19/h6-7,11H,1-3,8-10,17H2,(H,18,20). The maximum absolute atomic E-state index is 13.3. The van der Waals surface area contributed by atoms with Crippen molar-refractivity contribution in [3.8, 4) is 11.8 Å². The van der Waals surface area contributed by atoms with Crippen LogP contribution in [0.2, 0.25) is 0 Å². The zero-order valence-electron chi connectivity index (χ0n) is 11.3. The third kappa shape index (κ3) is 3.80. The van der Waals surface area contributed by atoms with Gasteiger partial charge in [0.15, 0.2) is 0 Å². The maximum Gasteiger partial charge on any atom is 0.266 e. The zero-order chi connectivity index (χ0) is 14.4. The molecular formula is C15H18FN3O. The second-order valence-electron chi connectivity index (χ2n) is 4.68. The predicted molar refractivity (Wildman–Crippen MR) is 75.2 cm³/mol. The van der Waals surface area contributed by atoms with E-state index in [0.29, 0.717) is 5.56 Å². The van der Waals surface area contributed by atoms with Gasteiger partial charge in [-0.25, -0.2) is 9.40 Å². The minimum atomic E-state index is -0.452. The van der Waals surface area contributed by atoms with Gasteiger partial charge in [-0.3, -0.25) is 10.2 Å². The van der Waals surface area contributed by atoms with Gasteiger partial charge in [0.25, 0.3) is 5.91 Å². The summed E-state index contributed by atoms with van der Waals surface area (Å²) in [6, 6.07) is 4.00. The molecule has 1 fully saturated rings. The molecule has 0 radical (unpaired) electrons. The second kappa shape index (κ2) is 7.04. The first-order valence-corrected chi connectivity index (χ1v) is 6.75. The lowest BCUT2D eigenvalue weighted by atomic mass is 10.1. The molecule has 0 atom stereocenters. The van der Waals surface area contributed by atoms with E-state index in [-0.39, 0.29) is 18.0 Å². The molecule has 1 saturated heterocycles. The minimum Gasteiger partial charge on any atom is -0.320 e. The molecule has 0 saturated carbocycles. The SMILES string of the molecule is NCC#Cc1ccc(F)cc1C(=O)NN1CCCCC1. The monoisotopic (exact) mass is 275 g/mol. The molecule has 106 valence electrons. The van der Waals surface area contributed by atoms with E-state index < -0.39 is 5.82 Å². The third-order valence-electron chi connectivity index (χ3n) is 3.17. The summed E-state index contributed by atoms with van der Waals surface area (Å²) in [5.41, 5.74) is 8.87. The van der Waals surface area contributed by atoms with Crippen LogP contribution in [0.4, 0.5) is 4.39 Å². The highest BCUT2D eigenvalue weighted by Crippen LogP contribution is 2.12. The molecule has 0 aliphatic carbocycles. The normalized spacial score (nSPS) is 15.3. The van der Waals surface area contributed by atoms with Crippen LogP contribution < -0.4 is 11.2 Å². The van der Waals surface area contributed by atoms with E-state index in [9.17, 15) is 9.18 Å². The number of carbonyl (C=O) groups excluding carboxylic acids is 1. The van der Waals surface area contributed by atoms with Crippen molar-refractivity contribution in [2.24, 2.45) is 5.73 Å². The molecule has 1 aromatic carbocycles. The molecule has 0 spiro atoms. The number of hydrogen-bond acceptors (Lipinski definition) is 3. The predicted octanol–water partition coefficient (Wildman–Crippen LogP) is 1.27. The molecule has 0 unspecified atom stereocenters. The average molecular weight is 275 g/mol. The number of nitrogens with two attached hydrogens (primary N) is 1. The molecule has 1 aromatic rings. The number of piperidine rings is 1. The number of hydrazine groups is 1. The van der Waals surface area contributed by atoms with Crippen molar-refractivity contribution in [1.29, 1.82) is 0 Å². The van der Waals surface area contributed by atoms with Gasteiger partial charge in [0.2, 0.25) is 0 Å². The van der Waals surface area contributed by atoms with Gasteiger partial charge in [0.05, 0.1) is 12.1 Å². The Morgan fingerprint density at radius 3 is 2.80 bits per heavy atom. The summed E-state index contributed by atoms with van der Waals surface area (Å²) in [5.74, 6) is 4.70. The van der Waals surface area contributed by atoms with Gasteiger partial charge >= 0.3 is 0 Å². The van der Waals surface area contributed by atoms with Gasteiger partial charge in [-0.05, 0) is 31.0 Å². The highest BCUT2D eigenvalue weighted by atomic mass is 19.1. The van der Waals surface area contributed by atoms with Crippen molar-refractivity contribution in [2.75, 3.05) is 19.6 Å². The summed E-state index contributed by atoms with van der Waals surface area (Å²) >= 11 is 0. The van der Waals surface area contributed by atoms with E-state index in [1.165, 1.54) is 24.6 Å². The number of hydrogen-bond donors (Lipinski definition) is 2. The van der Waals surface area contributed by atoms with Gasteiger partial charge < -0.3 is 5.73 Å². The fourth-order valence-corrected chi connectivity index (χ4v) is 2.17. The van der Waals surface area contributed by atoms with E-state index >= 15 is 0 Å². The molecule has 1 heterocycles. The van der Waals surface area contributed by atoms with Crippen LogP contribution in [0.15, 0.2) is 18.2 Å². The quantitative estimate of drug-likeness (QED) is 0.799. The Labute approximate surface area is 118 Å². The lowest BCUT2D eigenvalue weighted by Gasteiger charge is -2.26. The molecular weight excluding hydrogens is 257 g/mol. The molecule has 5 heteroatoms. The topological polar surface area (TPSA) is 58.4 Å². The Morgan fingerprint density at radius 2 is 2.10 bits per heavy atom. The van der Waals surface area contributed by atoms with E-state index in [2.05, 4.69) is 17.3 Å². The van der Waals surface area contributed by atoms with E-state index in [4.69, 9.17) is 5.73 Å². The lowest BCUT2D eigenvalue weighted by molar-refractivity contribution is 0.0749. The van der Waals surface area contributed by atoms with Crippen LogP contribution in [0.5, 0.6) is 0 Å². The second-order valence-corrected chi connectivity index (χ2v) is 4.68. The highest BCUT2D eigenvalue weighted by molar-refractivity contribution is 5.96. The van der Waals surface area contributed by atoms with Crippen LogP contribution in [0.3, 0.4) is 0 Å². The fourth-order valence-electron chi connectivity index (χ4n) is 2.17. The maximum atomic E-state index is 13.3. The van der Waals surface area contributed by atoms with Gasteiger partial charge in [-0.1, -0.05) is 18.3 Å². The van der Waals surface area contributed by atoms with Gasteiger partial charge in [0.1, 0.15) is 5.82 Å². The number of amides is 1. The molecule has 0 aromatic heterocycles. The van der Waals surface area contributed by atoms with Crippen LogP contribution in [0.1, 0.15) is 35.2 Å². The lowest BCUT2D eigenvalue weighted by Crippen LogP contribution is -2.45. The molecule has 20 heavy (non-hydrogen) atoms. The van der Waals surface area contributed by atoms with Crippen LogP contribution >= 0.6 is 0 Å². The molecule has 3 N–H and O–H groups in total. The van der Waals surface area contributed by atoms with E-state index in [1.54, 1.807) is 0 Å². The Hall–Kier alpha value is -1.90. The number of nitrogens with zero attached hydrogens (tertiary/aromatic N) is 1. The number of rotatable bonds is 2. The zero-order valence-corrected chi connectivity index (χ0v) is 11.3. The number of nitrogens with one attached hydrogen (secondary N) is 1. The van der Waals surface area contributed by atoms with Crippen molar-refractivity contribution >= 4 is 5.91 Å². The summed E-state index contributed by atoms with van der Waals surface area (Å²) < 4.78 is 13.3. The summed E-state index contributed by atoms with van der Waals surface area (Å²) in [4.78, 5) is 12.2. The van der Waals surface area contributed by atoms with Crippen LogP contribution in [-0.2, 0) is 0 Å². The third-order valence-corrected chi connectivity index (χ3v) is 3.17.